The molecule has 0 aliphatic heterocycles. The lowest BCUT2D eigenvalue weighted by Crippen LogP contribution is -2.33. The molecule has 0 amide bonds. The van der Waals surface area contributed by atoms with Crippen LogP contribution in [0.5, 0.6) is 0 Å². The minimum atomic E-state index is -1.19. The van der Waals surface area contributed by atoms with Gasteiger partial charge in [0.15, 0.2) is 0 Å². The van der Waals surface area contributed by atoms with Crippen LogP contribution in [0.2, 0.25) is 0 Å². The molecule has 2 N–H and O–H groups in total. The number of nitrogens with zero attached hydrogens (tertiary/aromatic N) is 4. The minimum absolute atomic E-state index is 0.0211. The zero-order valence-corrected chi connectivity index (χ0v) is 8.86. The molecule has 0 aromatic carbocycles. The molecular formula is C8H12N4O4. The van der Waals surface area contributed by atoms with Crippen molar-refractivity contribution < 1.29 is 15.0 Å². The maximum atomic E-state index is 11.5. The monoisotopic (exact) mass is 228 g/mol. The first kappa shape index (κ1) is 12.1. The van der Waals surface area contributed by atoms with Crippen LogP contribution in [0.25, 0.3) is 6.20 Å². The average Bonchev–Trinajstić information content (AvgIpc) is 2.43. The predicted octanol–water partition coefficient (Wildman–Crippen LogP) is -1.23. The van der Waals surface area contributed by atoms with Gasteiger partial charge in [-0.25, -0.2) is 9.59 Å². The second kappa shape index (κ2) is 4.27. The Bertz CT molecular complexity index is 465. The summed E-state index contributed by atoms with van der Waals surface area (Å²) in [6.07, 6.45) is 1.75. The third-order valence-electron chi connectivity index (χ3n) is 1.56. The van der Waals surface area contributed by atoms with Crippen LogP contribution >= 0.6 is 0 Å². The second-order valence-corrected chi connectivity index (χ2v) is 3.83. The summed E-state index contributed by atoms with van der Waals surface area (Å²) in [4.78, 5) is 21.7. The third kappa shape index (κ3) is 3.31. The van der Waals surface area contributed by atoms with Gasteiger partial charge < -0.3 is 10.2 Å². The number of hydrogen-bond acceptors (Lipinski definition) is 5. The summed E-state index contributed by atoms with van der Waals surface area (Å²) >= 11 is 0. The van der Waals surface area contributed by atoms with E-state index in [9.17, 15) is 14.7 Å². The summed E-state index contributed by atoms with van der Waals surface area (Å²) in [5.74, 6) is -1.19. The Morgan fingerprint density at radius 2 is 2.12 bits per heavy atom. The van der Waals surface area contributed by atoms with E-state index in [1.807, 2.05) is 0 Å². The fourth-order valence-corrected chi connectivity index (χ4v) is 0.980. The highest BCUT2D eigenvalue weighted by molar-refractivity contribution is 5.82. The second-order valence-electron chi connectivity index (χ2n) is 3.83. The summed E-state index contributed by atoms with van der Waals surface area (Å²) in [5, 5.41) is 24.8. The van der Waals surface area contributed by atoms with Crippen LogP contribution in [0, 0.1) is 0 Å². The SMILES string of the molecule is CC(C)(O)Cn1nnn(C=CC(=O)O)c1=O. The van der Waals surface area contributed by atoms with E-state index in [1.54, 1.807) is 0 Å². The molecule has 1 aromatic heterocycles. The van der Waals surface area contributed by atoms with Gasteiger partial charge in [0.2, 0.25) is 0 Å². The van der Waals surface area contributed by atoms with Crippen LogP contribution in [0.4, 0.5) is 0 Å². The molecule has 16 heavy (non-hydrogen) atoms. The van der Waals surface area contributed by atoms with E-state index in [1.165, 1.54) is 13.8 Å². The van der Waals surface area contributed by atoms with Crippen LogP contribution < -0.4 is 5.69 Å². The molecule has 0 aliphatic carbocycles. The van der Waals surface area contributed by atoms with Gasteiger partial charge in [-0.15, -0.1) is 0 Å². The zero-order chi connectivity index (χ0) is 12.3. The standard InChI is InChI=1S/C8H12N4O4/c1-8(2,16)5-12-7(15)11(9-10-12)4-3-6(13)14/h3-4,16H,5H2,1-2H3,(H,13,14). The van der Waals surface area contributed by atoms with Crippen molar-refractivity contribution in [1.82, 2.24) is 19.8 Å². The maximum Gasteiger partial charge on any atom is 0.368 e. The van der Waals surface area contributed by atoms with E-state index in [-0.39, 0.29) is 6.54 Å². The highest BCUT2D eigenvalue weighted by Gasteiger charge is 2.17. The highest BCUT2D eigenvalue weighted by Crippen LogP contribution is 2.01. The number of carboxylic acids is 1. The van der Waals surface area contributed by atoms with Gasteiger partial charge >= 0.3 is 11.7 Å². The van der Waals surface area contributed by atoms with Crippen LogP contribution in [-0.4, -0.2) is 41.6 Å². The Labute approximate surface area is 90.4 Å². The number of tetrazole rings is 1. The van der Waals surface area contributed by atoms with Crippen LogP contribution in [0.3, 0.4) is 0 Å². The maximum absolute atomic E-state index is 11.5. The molecule has 0 saturated heterocycles. The first-order chi connectivity index (χ1) is 7.29. The van der Waals surface area contributed by atoms with Crippen molar-refractivity contribution in [3.05, 3.63) is 16.6 Å². The van der Waals surface area contributed by atoms with E-state index in [2.05, 4.69) is 10.4 Å². The van der Waals surface area contributed by atoms with Gasteiger partial charge in [-0.3, -0.25) is 0 Å². The third-order valence-corrected chi connectivity index (χ3v) is 1.56. The molecular weight excluding hydrogens is 216 g/mol. The van der Waals surface area contributed by atoms with Crippen molar-refractivity contribution in [2.45, 2.75) is 26.0 Å². The lowest BCUT2D eigenvalue weighted by Gasteiger charge is -2.14. The summed E-state index contributed by atoms with van der Waals surface area (Å²) in [6.45, 7) is 3.02. The Hall–Kier alpha value is -1.96. The Morgan fingerprint density at radius 1 is 1.50 bits per heavy atom. The van der Waals surface area contributed by atoms with Gasteiger partial charge in [-0.1, -0.05) is 0 Å². The summed E-state index contributed by atoms with van der Waals surface area (Å²) in [5.41, 5.74) is -1.71. The first-order valence-corrected chi connectivity index (χ1v) is 4.45. The molecule has 8 nitrogen and oxygen atoms in total. The molecule has 0 radical (unpaired) electrons. The molecule has 88 valence electrons. The van der Waals surface area contributed by atoms with Crippen molar-refractivity contribution in [2.75, 3.05) is 0 Å². The molecule has 0 atom stereocenters. The van der Waals surface area contributed by atoms with Gasteiger partial charge in [0.05, 0.1) is 12.1 Å². The van der Waals surface area contributed by atoms with Crippen LogP contribution in [0.15, 0.2) is 10.9 Å². The molecule has 8 heteroatoms. The fourth-order valence-electron chi connectivity index (χ4n) is 0.980. The van der Waals surface area contributed by atoms with Crippen molar-refractivity contribution in [1.29, 1.82) is 0 Å². The highest BCUT2D eigenvalue weighted by atomic mass is 16.4. The van der Waals surface area contributed by atoms with Gasteiger partial charge in [0.25, 0.3) is 0 Å². The lowest BCUT2D eigenvalue weighted by molar-refractivity contribution is -0.131. The number of hydrogen-bond donors (Lipinski definition) is 2. The molecule has 1 aromatic rings. The Balaban J connectivity index is 2.94. The van der Waals surface area contributed by atoms with Gasteiger partial charge in [-0.05, 0) is 24.3 Å². The first-order valence-electron chi connectivity index (χ1n) is 4.45. The van der Waals surface area contributed by atoms with Crippen molar-refractivity contribution in [2.24, 2.45) is 0 Å². The van der Waals surface area contributed by atoms with Crippen LogP contribution in [0.1, 0.15) is 13.8 Å². The summed E-state index contributed by atoms with van der Waals surface area (Å²) in [7, 11) is 0. The molecule has 0 fully saturated rings. The number of carboxylic acid groups (broad SMARTS) is 1. The van der Waals surface area contributed by atoms with E-state index in [0.717, 1.165) is 21.6 Å². The molecule has 0 unspecified atom stereocenters. The summed E-state index contributed by atoms with van der Waals surface area (Å²) in [6, 6.07) is 0. The molecule has 1 rings (SSSR count). The normalized spacial score (nSPS) is 12.2. The van der Waals surface area contributed by atoms with Crippen LogP contribution in [-0.2, 0) is 11.3 Å². The topological polar surface area (TPSA) is 110 Å². The number of carbonyl (C=O) groups is 1. The largest absolute Gasteiger partial charge is 0.478 e. The molecule has 0 spiro atoms. The van der Waals surface area contributed by atoms with Gasteiger partial charge in [0.1, 0.15) is 0 Å². The van der Waals surface area contributed by atoms with E-state index < -0.39 is 17.3 Å². The van der Waals surface area contributed by atoms with E-state index in [0.29, 0.717) is 0 Å². The molecule has 0 bridgehead atoms. The fraction of sp³-hybridized carbons (Fsp3) is 0.500. The van der Waals surface area contributed by atoms with Crippen molar-refractivity contribution in [3.63, 3.8) is 0 Å². The molecule has 0 saturated carbocycles. The minimum Gasteiger partial charge on any atom is -0.478 e. The van der Waals surface area contributed by atoms with Crippen molar-refractivity contribution >= 4 is 12.2 Å². The summed E-state index contributed by atoms with van der Waals surface area (Å²) < 4.78 is 1.73. The predicted molar refractivity (Wildman–Crippen MR) is 53.5 cm³/mol. The molecule has 0 aliphatic rings. The van der Waals surface area contributed by atoms with E-state index in [4.69, 9.17) is 5.11 Å². The van der Waals surface area contributed by atoms with Gasteiger partial charge in [0, 0.05) is 12.3 Å². The quantitative estimate of drug-likeness (QED) is 0.624. The smallest absolute Gasteiger partial charge is 0.368 e. The van der Waals surface area contributed by atoms with Crippen molar-refractivity contribution in [3.8, 4) is 0 Å². The van der Waals surface area contributed by atoms with E-state index >= 15 is 0 Å². The Kier molecular flexibility index (Phi) is 3.23. The number of rotatable bonds is 4. The Morgan fingerprint density at radius 3 is 2.62 bits per heavy atom. The average molecular weight is 228 g/mol. The molecule has 1 heterocycles. The zero-order valence-electron chi connectivity index (χ0n) is 8.86. The number of aliphatic hydroxyl groups is 1. The number of aliphatic carboxylic acids is 1. The number of aromatic nitrogens is 4. The lowest BCUT2D eigenvalue weighted by atomic mass is 10.1. The van der Waals surface area contributed by atoms with Gasteiger partial charge in [-0.2, -0.15) is 9.36 Å².